The summed E-state index contributed by atoms with van der Waals surface area (Å²) in [5.74, 6) is -1.27. The molecule has 1 N–H and O–H groups in total. The standard InChI is InChI=1S/C20H29F2N3O2/c1-14(12-15-16(21)6-5-7-17(15)22)23-18(26)13-24-8-10-25(11-9-24)19(27)20(2,3)4/h5-7,14H,8-13H2,1-4H3,(H,23,26). The van der Waals surface area contributed by atoms with Gasteiger partial charge < -0.3 is 10.2 Å². The number of carbonyl (C=O) groups excluding carboxylic acids is 2. The number of nitrogens with one attached hydrogen (secondary N) is 1. The lowest BCUT2D eigenvalue weighted by atomic mass is 9.94. The maximum Gasteiger partial charge on any atom is 0.234 e. The van der Waals surface area contributed by atoms with Crippen molar-refractivity contribution in [1.82, 2.24) is 15.1 Å². The minimum absolute atomic E-state index is 0.0143. The molecule has 0 spiro atoms. The zero-order valence-electron chi connectivity index (χ0n) is 16.5. The number of carbonyl (C=O) groups is 2. The number of nitrogens with zero attached hydrogens (tertiary/aromatic N) is 2. The van der Waals surface area contributed by atoms with Gasteiger partial charge in [0.15, 0.2) is 0 Å². The van der Waals surface area contributed by atoms with E-state index in [-0.39, 0.29) is 36.4 Å². The number of rotatable bonds is 5. The van der Waals surface area contributed by atoms with Crippen LogP contribution in [-0.4, -0.2) is 60.4 Å². The highest BCUT2D eigenvalue weighted by atomic mass is 19.1. The average Bonchev–Trinajstić information content (AvgIpc) is 2.57. The SMILES string of the molecule is CC(Cc1c(F)cccc1F)NC(=O)CN1CCN(C(=O)C(C)(C)C)CC1. The molecular weight excluding hydrogens is 352 g/mol. The van der Waals surface area contributed by atoms with E-state index in [1.54, 1.807) is 6.92 Å². The molecule has 1 heterocycles. The Morgan fingerprint density at radius 1 is 1.11 bits per heavy atom. The third kappa shape index (κ3) is 5.99. The van der Waals surface area contributed by atoms with Crippen molar-refractivity contribution >= 4 is 11.8 Å². The van der Waals surface area contributed by atoms with E-state index in [1.165, 1.54) is 18.2 Å². The van der Waals surface area contributed by atoms with Crippen molar-refractivity contribution in [1.29, 1.82) is 0 Å². The van der Waals surface area contributed by atoms with Gasteiger partial charge in [0.25, 0.3) is 0 Å². The average molecular weight is 381 g/mol. The first kappa shape index (κ1) is 21.3. The van der Waals surface area contributed by atoms with E-state index in [9.17, 15) is 18.4 Å². The fraction of sp³-hybridized carbons (Fsp3) is 0.600. The third-order valence-electron chi connectivity index (χ3n) is 4.65. The molecule has 5 nitrogen and oxygen atoms in total. The Balaban J connectivity index is 1.79. The van der Waals surface area contributed by atoms with Crippen molar-refractivity contribution in [3.8, 4) is 0 Å². The van der Waals surface area contributed by atoms with Crippen molar-refractivity contribution in [2.75, 3.05) is 32.7 Å². The van der Waals surface area contributed by atoms with Gasteiger partial charge in [-0.2, -0.15) is 0 Å². The topological polar surface area (TPSA) is 52.7 Å². The Labute approximate surface area is 159 Å². The van der Waals surface area contributed by atoms with Gasteiger partial charge in [-0.15, -0.1) is 0 Å². The largest absolute Gasteiger partial charge is 0.352 e. The van der Waals surface area contributed by atoms with E-state index in [2.05, 4.69) is 5.32 Å². The van der Waals surface area contributed by atoms with E-state index in [4.69, 9.17) is 0 Å². The van der Waals surface area contributed by atoms with Gasteiger partial charge in [-0.25, -0.2) is 8.78 Å². The molecule has 7 heteroatoms. The summed E-state index contributed by atoms with van der Waals surface area (Å²) >= 11 is 0. The highest BCUT2D eigenvalue weighted by Crippen LogP contribution is 2.18. The number of piperazine rings is 1. The lowest BCUT2D eigenvalue weighted by Crippen LogP contribution is -2.53. The van der Waals surface area contributed by atoms with Crippen molar-refractivity contribution in [3.63, 3.8) is 0 Å². The van der Waals surface area contributed by atoms with Gasteiger partial charge in [0, 0.05) is 43.2 Å². The van der Waals surface area contributed by atoms with Crippen LogP contribution >= 0.6 is 0 Å². The van der Waals surface area contributed by atoms with Crippen LogP contribution < -0.4 is 5.32 Å². The lowest BCUT2D eigenvalue weighted by molar-refractivity contribution is -0.141. The van der Waals surface area contributed by atoms with Gasteiger partial charge in [-0.3, -0.25) is 14.5 Å². The molecule has 1 aliphatic heterocycles. The molecule has 2 amide bonds. The fourth-order valence-electron chi connectivity index (χ4n) is 3.19. The molecular formula is C20H29F2N3O2. The summed E-state index contributed by atoms with van der Waals surface area (Å²) in [7, 11) is 0. The minimum Gasteiger partial charge on any atom is -0.352 e. The zero-order chi connectivity index (χ0) is 20.2. The molecule has 1 fully saturated rings. The van der Waals surface area contributed by atoms with Gasteiger partial charge in [0.05, 0.1) is 6.54 Å². The van der Waals surface area contributed by atoms with Crippen LogP contribution in [0.25, 0.3) is 0 Å². The lowest BCUT2D eigenvalue weighted by Gasteiger charge is -2.37. The maximum atomic E-state index is 13.7. The summed E-state index contributed by atoms with van der Waals surface area (Å²) in [4.78, 5) is 28.3. The van der Waals surface area contributed by atoms with Crippen LogP contribution in [-0.2, 0) is 16.0 Å². The number of hydrogen-bond acceptors (Lipinski definition) is 3. The predicted molar refractivity (Wildman–Crippen MR) is 100 cm³/mol. The van der Waals surface area contributed by atoms with Crippen LogP contribution in [0.5, 0.6) is 0 Å². The summed E-state index contributed by atoms with van der Waals surface area (Å²) in [6.07, 6.45) is 0.0953. The van der Waals surface area contributed by atoms with E-state index in [0.29, 0.717) is 26.2 Å². The molecule has 1 atom stereocenters. The molecule has 2 rings (SSSR count). The third-order valence-corrected chi connectivity index (χ3v) is 4.65. The predicted octanol–water partition coefficient (Wildman–Crippen LogP) is 2.20. The first-order valence-electron chi connectivity index (χ1n) is 9.32. The van der Waals surface area contributed by atoms with Gasteiger partial charge in [0.2, 0.25) is 11.8 Å². The van der Waals surface area contributed by atoms with Crippen molar-refractivity contribution in [2.24, 2.45) is 5.41 Å². The summed E-state index contributed by atoms with van der Waals surface area (Å²) in [6.45, 7) is 10.1. The molecule has 1 unspecified atom stereocenters. The Bertz CT molecular complexity index is 660. The quantitative estimate of drug-likeness (QED) is 0.851. The van der Waals surface area contributed by atoms with Gasteiger partial charge in [-0.1, -0.05) is 26.8 Å². The van der Waals surface area contributed by atoms with Crippen LogP contribution in [0.4, 0.5) is 8.78 Å². The molecule has 1 saturated heterocycles. The molecule has 1 aromatic rings. The molecule has 0 radical (unpaired) electrons. The number of amides is 2. The van der Waals surface area contributed by atoms with Gasteiger partial charge in [0.1, 0.15) is 11.6 Å². The van der Waals surface area contributed by atoms with Crippen molar-refractivity contribution in [3.05, 3.63) is 35.4 Å². The second kappa shape index (κ2) is 8.78. The normalized spacial score (nSPS) is 16.9. The smallest absolute Gasteiger partial charge is 0.234 e. The molecule has 150 valence electrons. The van der Waals surface area contributed by atoms with Crippen LogP contribution in [0, 0.1) is 17.0 Å². The highest BCUT2D eigenvalue weighted by molar-refractivity contribution is 5.81. The molecule has 1 aliphatic rings. The number of hydrogen-bond donors (Lipinski definition) is 1. The van der Waals surface area contributed by atoms with E-state index in [1.807, 2.05) is 30.6 Å². The van der Waals surface area contributed by atoms with Crippen LogP contribution in [0.2, 0.25) is 0 Å². The summed E-state index contributed by atoms with van der Waals surface area (Å²) < 4.78 is 27.4. The Hall–Kier alpha value is -2.02. The fourth-order valence-corrected chi connectivity index (χ4v) is 3.19. The van der Waals surface area contributed by atoms with Crippen LogP contribution in [0.15, 0.2) is 18.2 Å². The van der Waals surface area contributed by atoms with Crippen molar-refractivity contribution < 1.29 is 18.4 Å². The van der Waals surface area contributed by atoms with E-state index < -0.39 is 17.0 Å². The first-order valence-corrected chi connectivity index (χ1v) is 9.32. The van der Waals surface area contributed by atoms with Gasteiger partial charge in [-0.05, 0) is 25.5 Å². The Kier molecular flexibility index (Phi) is 6.92. The molecule has 1 aromatic carbocycles. The van der Waals surface area contributed by atoms with Crippen LogP contribution in [0.1, 0.15) is 33.3 Å². The summed E-state index contributed by atoms with van der Waals surface area (Å²) in [5.41, 5.74) is -0.420. The second-order valence-electron chi connectivity index (χ2n) is 8.19. The van der Waals surface area contributed by atoms with Crippen LogP contribution in [0.3, 0.4) is 0 Å². The number of halogens is 2. The monoisotopic (exact) mass is 381 g/mol. The number of benzene rings is 1. The van der Waals surface area contributed by atoms with E-state index >= 15 is 0 Å². The summed E-state index contributed by atoms with van der Waals surface area (Å²) in [6, 6.07) is 3.37. The first-order chi connectivity index (χ1) is 12.6. The summed E-state index contributed by atoms with van der Waals surface area (Å²) in [5, 5.41) is 2.79. The molecule has 0 saturated carbocycles. The minimum atomic E-state index is -0.601. The van der Waals surface area contributed by atoms with E-state index in [0.717, 1.165) is 0 Å². The zero-order valence-corrected chi connectivity index (χ0v) is 16.5. The van der Waals surface area contributed by atoms with Gasteiger partial charge >= 0.3 is 0 Å². The Morgan fingerprint density at radius 2 is 1.67 bits per heavy atom. The molecule has 27 heavy (non-hydrogen) atoms. The highest BCUT2D eigenvalue weighted by Gasteiger charge is 2.30. The maximum absolute atomic E-state index is 13.7. The van der Waals surface area contributed by atoms with Crippen molar-refractivity contribution in [2.45, 2.75) is 40.2 Å². The molecule has 0 bridgehead atoms. The molecule has 0 aromatic heterocycles. The second-order valence-corrected chi connectivity index (χ2v) is 8.19. The molecule has 0 aliphatic carbocycles. The Morgan fingerprint density at radius 3 is 2.19 bits per heavy atom.